The highest BCUT2D eigenvalue weighted by molar-refractivity contribution is 5.97. The van der Waals surface area contributed by atoms with Crippen LogP contribution in [0.4, 0.5) is 4.39 Å². The van der Waals surface area contributed by atoms with Crippen LogP contribution in [0.3, 0.4) is 0 Å². The van der Waals surface area contributed by atoms with Crippen LogP contribution in [-0.2, 0) is 0 Å². The van der Waals surface area contributed by atoms with E-state index >= 15 is 0 Å². The van der Waals surface area contributed by atoms with Crippen molar-refractivity contribution < 1.29 is 18.7 Å². The van der Waals surface area contributed by atoms with Gasteiger partial charge in [-0.1, -0.05) is 42.5 Å². The predicted octanol–water partition coefficient (Wildman–Crippen LogP) is 4.61. The first kappa shape index (κ1) is 20.6. The SMILES string of the molecule is O=C(c1ccccc1F)N1CCCN(C(=O)c2ccccc2Oc2ccccc2)CC1. The quantitative estimate of drug-likeness (QED) is 0.622. The standard InChI is InChI=1S/C25H23FN2O3/c26-22-13-6-4-11-20(22)24(29)27-15-8-16-28(18-17-27)25(30)21-12-5-7-14-23(21)31-19-9-2-1-3-10-19/h1-7,9-14H,8,15-18H2. The Morgan fingerprint density at radius 2 is 1.23 bits per heavy atom. The average Bonchev–Trinajstić information content (AvgIpc) is 3.06. The highest BCUT2D eigenvalue weighted by Gasteiger charge is 2.26. The first-order valence-electron chi connectivity index (χ1n) is 10.3. The van der Waals surface area contributed by atoms with Crippen LogP contribution in [-0.4, -0.2) is 47.8 Å². The van der Waals surface area contributed by atoms with E-state index in [4.69, 9.17) is 4.74 Å². The van der Waals surface area contributed by atoms with Gasteiger partial charge in [0.2, 0.25) is 0 Å². The molecule has 3 aromatic carbocycles. The molecule has 6 heteroatoms. The van der Waals surface area contributed by atoms with E-state index in [0.29, 0.717) is 49.7 Å². The second-order valence-electron chi connectivity index (χ2n) is 7.33. The molecule has 2 amide bonds. The zero-order chi connectivity index (χ0) is 21.6. The molecule has 5 nitrogen and oxygen atoms in total. The van der Waals surface area contributed by atoms with Gasteiger partial charge in [0.1, 0.15) is 17.3 Å². The number of para-hydroxylation sites is 2. The summed E-state index contributed by atoms with van der Waals surface area (Å²) in [5.74, 6) is 0.117. The third-order valence-corrected chi connectivity index (χ3v) is 5.26. The van der Waals surface area contributed by atoms with Gasteiger partial charge in [0, 0.05) is 26.2 Å². The van der Waals surface area contributed by atoms with Crippen LogP contribution >= 0.6 is 0 Å². The summed E-state index contributed by atoms with van der Waals surface area (Å²) in [4.78, 5) is 29.3. The molecule has 0 atom stereocenters. The average molecular weight is 418 g/mol. The summed E-state index contributed by atoms with van der Waals surface area (Å²) in [6.07, 6.45) is 0.619. The monoisotopic (exact) mass is 418 g/mol. The van der Waals surface area contributed by atoms with Crippen molar-refractivity contribution in [2.24, 2.45) is 0 Å². The second kappa shape index (κ2) is 9.43. The van der Waals surface area contributed by atoms with Crippen molar-refractivity contribution in [3.8, 4) is 11.5 Å². The fraction of sp³-hybridized carbons (Fsp3) is 0.200. The number of hydrogen-bond donors (Lipinski definition) is 0. The van der Waals surface area contributed by atoms with Gasteiger partial charge in [-0.05, 0) is 42.8 Å². The molecule has 3 aromatic rings. The largest absolute Gasteiger partial charge is 0.457 e. The molecule has 0 saturated carbocycles. The Morgan fingerprint density at radius 1 is 0.677 bits per heavy atom. The third kappa shape index (κ3) is 4.74. The lowest BCUT2D eigenvalue weighted by Crippen LogP contribution is -2.37. The summed E-state index contributed by atoms with van der Waals surface area (Å²) in [7, 11) is 0. The number of carbonyl (C=O) groups is 2. The Kier molecular flexibility index (Phi) is 6.26. The topological polar surface area (TPSA) is 49.9 Å². The molecule has 0 radical (unpaired) electrons. The van der Waals surface area contributed by atoms with Gasteiger partial charge in [0.25, 0.3) is 11.8 Å². The van der Waals surface area contributed by atoms with Gasteiger partial charge in [0.05, 0.1) is 11.1 Å². The van der Waals surface area contributed by atoms with Crippen molar-refractivity contribution in [3.05, 3.63) is 95.8 Å². The Morgan fingerprint density at radius 3 is 1.90 bits per heavy atom. The maximum Gasteiger partial charge on any atom is 0.257 e. The summed E-state index contributed by atoms with van der Waals surface area (Å²) in [6.45, 7) is 1.71. The number of rotatable bonds is 4. The van der Waals surface area contributed by atoms with Crippen molar-refractivity contribution in [1.29, 1.82) is 0 Å². The molecule has 0 aliphatic carbocycles. The smallest absolute Gasteiger partial charge is 0.257 e. The van der Waals surface area contributed by atoms with E-state index in [1.165, 1.54) is 12.1 Å². The van der Waals surface area contributed by atoms with Gasteiger partial charge in [-0.2, -0.15) is 0 Å². The van der Waals surface area contributed by atoms with Crippen LogP contribution in [0.5, 0.6) is 11.5 Å². The normalized spacial score (nSPS) is 14.1. The van der Waals surface area contributed by atoms with Gasteiger partial charge < -0.3 is 14.5 Å². The number of nitrogens with zero attached hydrogens (tertiary/aromatic N) is 2. The van der Waals surface area contributed by atoms with E-state index in [2.05, 4.69) is 0 Å². The van der Waals surface area contributed by atoms with E-state index in [9.17, 15) is 14.0 Å². The van der Waals surface area contributed by atoms with Crippen LogP contribution in [0, 0.1) is 5.82 Å². The van der Waals surface area contributed by atoms with E-state index in [0.717, 1.165) is 0 Å². The van der Waals surface area contributed by atoms with Crippen LogP contribution < -0.4 is 4.74 Å². The second-order valence-corrected chi connectivity index (χ2v) is 7.33. The van der Waals surface area contributed by atoms with Gasteiger partial charge in [0.15, 0.2) is 0 Å². The number of carbonyl (C=O) groups excluding carboxylic acids is 2. The maximum absolute atomic E-state index is 14.0. The first-order valence-corrected chi connectivity index (χ1v) is 10.3. The number of amides is 2. The molecule has 158 valence electrons. The first-order chi connectivity index (χ1) is 15.1. The van der Waals surface area contributed by atoms with Crippen molar-refractivity contribution in [2.45, 2.75) is 6.42 Å². The molecule has 4 rings (SSSR count). The Bertz CT molecular complexity index is 1070. The molecule has 0 N–H and O–H groups in total. The van der Waals surface area contributed by atoms with Crippen LogP contribution in [0.25, 0.3) is 0 Å². The minimum Gasteiger partial charge on any atom is -0.457 e. The molecule has 31 heavy (non-hydrogen) atoms. The molecule has 0 spiro atoms. The molecule has 0 unspecified atom stereocenters. The molecule has 1 aliphatic heterocycles. The molecular formula is C25H23FN2O3. The molecule has 1 saturated heterocycles. The zero-order valence-corrected chi connectivity index (χ0v) is 17.0. The molecule has 1 aliphatic rings. The molecule has 0 aromatic heterocycles. The van der Waals surface area contributed by atoms with Crippen molar-refractivity contribution in [2.75, 3.05) is 26.2 Å². The molecular weight excluding hydrogens is 395 g/mol. The molecule has 1 fully saturated rings. The van der Waals surface area contributed by atoms with Gasteiger partial charge >= 0.3 is 0 Å². The number of halogens is 1. The molecule has 1 heterocycles. The van der Waals surface area contributed by atoms with Crippen LogP contribution in [0.1, 0.15) is 27.1 Å². The lowest BCUT2D eigenvalue weighted by atomic mass is 10.1. The number of benzene rings is 3. The van der Waals surface area contributed by atoms with Gasteiger partial charge in [-0.25, -0.2) is 4.39 Å². The lowest BCUT2D eigenvalue weighted by molar-refractivity contribution is 0.0714. The Labute approximate surface area is 180 Å². The van der Waals surface area contributed by atoms with E-state index < -0.39 is 5.82 Å². The van der Waals surface area contributed by atoms with E-state index in [-0.39, 0.29) is 17.4 Å². The maximum atomic E-state index is 14.0. The minimum atomic E-state index is -0.531. The third-order valence-electron chi connectivity index (χ3n) is 5.26. The van der Waals surface area contributed by atoms with Crippen molar-refractivity contribution in [3.63, 3.8) is 0 Å². The number of ether oxygens (including phenoxy) is 1. The van der Waals surface area contributed by atoms with Gasteiger partial charge in [-0.15, -0.1) is 0 Å². The summed E-state index contributed by atoms with van der Waals surface area (Å²) < 4.78 is 19.9. The van der Waals surface area contributed by atoms with Gasteiger partial charge in [-0.3, -0.25) is 9.59 Å². The highest BCUT2D eigenvalue weighted by Crippen LogP contribution is 2.26. The van der Waals surface area contributed by atoms with Crippen LogP contribution in [0.15, 0.2) is 78.9 Å². The van der Waals surface area contributed by atoms with E-state index in [1.807, 2.05) is 36.4 Å². The fourth-order valence-electron chi connectivity index (χ4n) is 3.65. The van der Waals surface area contributed by atoms with Crippen molar-refractivity contribution >= 4 is 11.8 Å². The zero-order valence-electron chi connectivity index (χ0n) is 17.0. The summed E-state index contributed by atoms with van der Waals surface area (Å²) in [6, 6.07) is 22.4. The molecule has 0 bridgehead atoms. The van der Waals surface area contributed by atoms with Crippen molar-refractivity contribution in [1.82, 2.24) is 9.80 Å². The minimum absolute atomic E-state index is 0.0592. The van der Waals surface area contributed by atoms with E-state index in [1.54, 1.807) is 40.1 Å². The highest BCUT2D eigenvalue weighted by atomic mass is 19.1. The Balaban J connectivity index is 1.47. The summed E-state index contributed by atoms with van der Waals surface area (Å²) >= 11 is 0. The summed E-state index contributed by atoms with van der Waals surface area (Å²) in [5.41, 5.74) is 0.532. The fourth-order valence-corrected chi connectivity index (χ4v) is 3.65. The summed E-state index contributed by atoms with van der Waals surface area (Å²) in [5, 5.41) is 0. The number of hydrogen-bond acceptors (Lipinski definition) is 3. The lowest BCUT2D eigenvalue weighted by Gasteiger charge is -2.23. The van der Waals surface area contributed by atoms with Crippen LogP contribution in [0.2, 0.25) is 0 Å². The predicted molar refractivity (Wildman–Crippen MR) is 116 cm³/mol. The Hall–Kier alpha value is -3.67.